The first-order valence-electron chi connectivity index (χ1n) is 10.0. The Morgan fingerprint density at radius 1 is 0.815 bits per heavy atom. The van der Waals surface area contributed by atoms with Crippen LogP contribution < -0.4 is 10.2 Å². The number of imide groups is 1. The third-order valence-electron chi connectivity index (χ3n) is 6.24. The Hall–Kier alpha value is -2.21. The van der Waals surface area contributed by atoms with Gasteiger partial charge in [-0.2, -0.15) is 0 Å². The average Bonchev–Trinajstić information content (AvgIpc) is 2.69. The summed E-state index contributed by atoms with van der Waals surface area (Å²) in [5.41, 5.74) is 2.17. The van der Waals surface area contributed by atoms with Gasteiger partial charge in [-0.25, -0.2) is 0 Å². The van der Waals surface area contributed by atoms with E-state index in [1.54, 1.807) is 0 Å². The highest BCUT2D eigenvalue weighted by atomic mass is 16.2. The molecule has 1 aromatic rings. The van der Waals surface area contributed by atoms with Crippen LogP contribution in [0.1, 0.15) is 50.0 Å². The van der Waals surface area contributed by atoms with Crippen molar-refractivity contribution in [3.63, 3.8) is 0 Å². The lowest BCUT2D eigenvalue weighted by molar-refractivity contribution is -0.134. The summed E-state index contributed by atoms with van der Waals surface area (Å²) >= 11 is 0. The summed E-state index contributed by atoms with van der Waals surface area (Å²) < 4.78 is 0. The van der Waals surface area contributed by atoms with Gasteiger partial charge in [0.15, 0.2) is 0 Å². The highest BCUT2D eigenvalue weighted by Crippen LogP contribution is 2.28. The van der Waals surface area contributed by atoms with Crippen molar-refractivity contribution in [1.82, 2.24) is 10.2 Å². The molecule has 2 aliphatic heterocycles. The Bertz CT molecular complexity index is 713. The predicted octanol–water partition coefficient (Wildman–Crippen LogP) is 1.84. The zero-order chi connectivity index (χ0) is 18.8. The largest absolute Gasteiger partial charge is 0.369 e. The van der Waals surface area contributed by atoms with Crippen LogP contribution in [0.15, 0.2) is 24.3 Å². The van der Waals surface area contributed by atoms with Gasteiger partial charge in [0.25, 0.3) is 0 Å². The molecular weight excluding hydrogens is 342 g/mol. The molecule has 1 saturated carbocycles. The van der Waals surface area contributed by atoms with Crippen molar-refractivity contribution in [1.29, 1.82) is 0 Å². The number of piperazine rings is 1. The maximum absolute atomic E-state index is 12.0. The number of piperidine rings is 1. The molecule has 0 aromatic heterocycles. The lowest BCUT2D eigenvalue weighted by Crippen LogP contribution is -2.51. The number of benzene rings is 1. The van der Waals surface area contributed by atoms with Crippen molar-refractivity contribution in [2.45, 2.75) is 50.5 Å². The van der Waals surface area contributed by atoms with E-state index in [-0.39, 0.29) is 17.7 Å². The van der Waals surface area contributed by atoms with E-state index in [4.69, 9.17) is 0 Å². The van der Waals surface area contributed by atoms with Gasteiger partial charge in [-0.05, 0) is 37.0 Å². The monoisotopic (exact) mass is 369 g/mol. The fraction of sp³-hybridized carbons (Fsp3) is 0.571. The lowest BCUT2D eigenvalue weighted by atomic mass is 9.90. The van der Waals surface area contributed by atoms with Gasteiger partial charge in [0.05, 0.1) is 5.92 Å². The molecule has 6 heteroatoms. The number of hydrogen-bond acceptors (Lipinski definition) is 5. The molecule has 4 rings (SSSR count). The molecule has 3 aliphatic rings. The summed E-state index contributed by atoms with van der Waals surface area (Å²) in [5, 5.41) is 2.43. The fourth-order valence-corrected chi connectivity index (χ4v) is 4.56. The van der Waals surface area contributed by atoms with Crippen LogP contribution in [-0.2, 0) is 14.4 Å². The first-order chi connectivity index (χ1) is 13.1. The number of amides is 2. The zero-order valence-corrected chi connectivity index (χ0v) is 15.7. The molecule has 1 aromatic carbocycles. The van der Waals surface area contributed by atoms with E-state index in [0.29, 0.717) is 24.7 Å². The fourth-order valence-electron chi connectivity index (χ4n) is 4.56. The molecule has 6 nitrogen and oxygen atoms in total. The molecular formula is C21H27N3O3. The Balaban J connectivity index is 1.33. The highest BCUT2D eigenvalue weighted by molar-refractivity contribution is 6.00. The SMILES string of the molecule is O=C1CCC(N2CCN(c3ccc(C4CCC(=O)NC4=O)cc3)CC2)CC1. The van der Waals surface area contributed by atoms with Gasteiger partial charge in [-0.15, -0.1) is 0 Å². The van der Waals surface area contributed by atoms with E-state index >= 15 is 0 Å². The molecule has 2 amide bonds. The molecule has 0 radical (unpaired) electrons. The summed E-state index contributed by atoms with van der Waals surface area (Å²) in [7, 11) is 0. The molecule has 0 spiro atoms. The second-order valence-corrected chi connectivity index (χ2v) is 7.89. The van der Waals surface area contributed by atoms with Gasteiger partial charge in [0.1, 0.15) is 5.78 Å². The molecule has 1 aliphatic carbocycles. The van der Waals surface area contributed by atoms with Gasteiger partial charge in [-0.1, -0.05) is 12.1 Å². The number of nitrogens with one attached hydrogen (secondary N) is 1. The number of nitrogens with zero attached hydrogens (tertiary/aromatic N) is 2. The normalized spacial score (nSPS) is 25.6. The maximum atomic E-state index is 12.0. The number of anilines is 1. The Kier molecular flexibility index (Phi) is 5.25. The molecule has 1 unspecified atom stereocenters. The van der Waals surface area contributed by atoms with Crippen molar-refractivity contribution >= 4 is 23.3 Å². The average molecular weight is 369 g/mol. The summed E-state index contributed by atoms with van der Waals surface area (Å²) in [6.45, 7) is 4.05. The molecule has 144 valence electrons. The van der Waals surface area contributed by atoms with Crippen LogP contribution in [0.4, 0.5) is 5.69 Å². The second kappa shape index (κ2) is 7.80. The standard InChI is InChI=1S/C21H27N3O3/c25-18-7-5-17(6-8-18)24-13-11-23(12-14-24)16-3-1-15(2-4-16)19-9-10-20(26)22-21(19)27/h1-4,17,19H,5-14H2,(H,22,26,27). The number of carbonyl (C=O) groups is 3. The van der Waals surface area contributed by atoms with Crippen LogP contribution in [0.5, 0.6) is 0 Å². The molecule has 2 saturated heterocycles. The lowest BCUT2D eigenvalue weighted by Gasteiger charge is -2.41. The summed E-state index contributed by atoms with van der Waals surface area (Å²) in [4.78, 5) is 39.7. The van der Waals surface area contributed by atoms with Crippen molar-refractivity contribution in [3.05, 3.63) is 29.8 Å². The van der Waals surface area contributed by atoms with Gasteiger partial charge >= 0.3 is 0 Å². The van der Waals surface area contributed by atoms with Crippen LogP contribution in [0.3, 0.4) is 0 Å². The Morgan fingerprint density at radius 3 is 2.11 bits per heavy atom. The van der Waals surface area contributed by atoms with Crippen molar-refractivity contribution < 1.29 is 14.4 Å². The first-order valence-corrected chi connectivity index (χ1v) is 10.0. The van der Waals surface area contributed by atoms with Crippen molar-refractivity contribution in [3.8, 4) is 0 Å². The Labute approximate surface area is 159 Å². The highest BCUT2D eigenvalue weighted by Gasteiger charge is 2.29. The van der Waals surface area contributed by atoms with E-state index < -0.39 is 0 Å². The summed E-state index contributed by atoms with van der Waals surface area (Å²) in [5.74, 6) is -0.157. The topological polar surface area (TPSA) is 69.7 Å². The minimum Gasteiger partial charge on any atom is -0.369 e. The maximum Gasteiger partial charge on any atom is 0.234 e. The minimum absolute atomic E-state index is 0.173. The third-order valence-corrected chi connectivity index (χ3v) is 6.24. The Morgan fingerprint density at radius 2 is 1.48 bits per heavy atom. The van der Waals surface area contributed by atoms with Crippen molar-refractivity contribution in [2.75, 3.05) is 31.1 Å². The van der Waals surface area contributed by atoms with E-state index in [1.165, 1.54) is 5.69 Å². The van der Waals surface area contributed by atoms with Gasteiger partial charge in [0.2, 0.25) is 11.8 Å². The molecule has 27 heavy (non-hydrogen) atoms. The number of Topliss-reactive ketones (excluding diaryl/α,β-unsaturated/α-hetero) is 1. The van der Waals surface area contributed by atoms with E-state index in [2.05, 4.69) is 27.2 Å². The van der Waals surface area contributed by atoms with Crippen LogP contribution in [-0.4, -0.2) is 54.7 Å². The van der Waals surface area contributed by atoms with E-state index in [9.17, 15) is 14.4 Å². The molecule has 0 bridgehead atoms. The van der Waals surface area contributed by atoms with Crippen molar-refractivity contribution in [2.24, 2.45) is 0 Å². The van der Waals surface area contributed by atoms with Crippen LogP contribution in [0.2, 0.25) is 0 Å². The van der Waals surface area contributed by atoms with Gasteiger partial charge in [0, 0.05) is 57.2 Å². The van der Waals surface area contributed by atoms with Gasteiger partial charge < -0.3 is 4.90 Å². The van der Waals surface area contributed by atoms with E-state index in [0.717, 1.165) is 57.4 Å². The van der Waals surface area contributed by atoms with Crippen LogP contribution in [0.25, 0.3) is 0 Å². The van der Waals surface area contributed by atoms with Crippen LogP contribution in [0, 0.1) is 0 Å². The molecule has 3 fully saturated rings. The zero-order valence-electron chi connectivity index (χ0n) is 15.7. The second-order valence-electron chi connectivity index (χ2n) is 7.89. The minimum atomic E-state index is -0.220. The number of hydrogen-bond donors (Lipinski definition) is 1. The third kappa shape index (κ3) is 4.05. The van der Waals surface area contributed by atoms with E-state index in [1.807, 2.05) is 12.1 Å². The molecule has 1 N–H and O–H groups in total. The molecule has 2 heterocycles. The summed E-state index contributed by atoms with van der Waals surface area (Å²) in [6, 6.07) is 8.80. The number of rotatable bonds is 3. The number of carbonyl (C=O) groups excluding carboxylic acids is 3. The smallest absolute Gasteiger partial charge is 0.234 e. The van der Waals surface area contributed by atoms with Gasteiger partial charge in [-0.3, -0.25) is 24.6 Å². The predicted molar refractivity (Wildman–Crippen MR) is 103 cm³/mol. The molecule has 1 atom stereocenters. The number of ketones is 1. The quantitative estimate of drug-likeness (QED) is 0.824. The first kappa shape index (κ1) is 18.2. The van der Waals surface area contributed by atoms with Crippen LogP contribution >= 0.6 is 0 Å². The summed E-state index contributed by atoms with van der Waals surface area (Å²) in [6.07, 6.45) is 4.51.